The molecular weight excluding hydrogens is 288 g/mol. The van der Waals surface area contributed by atoms with Gasteiger partial charge in [-0.15, -0.1) is 0 Å². The number of benzene rings is 1. The van der Waals surface area contributed by atoms with Crippen LogP contribution in [0.2, 0.25) is 0 Å². The number of phenolic OH excluding ortho intramolecular Hbond substituents is 1. The van der Waals surface area contributed by atoms with Gasteiger partial charge < -0.3 is 5.11 Å². The molecule has 3 rings (SSSR count). The number of hydrogen-bond donors (Lipinski definition) is 2. The molecule has 0 radical (unpaired) electrons. The number of piperidine rings is 1. The highest BCUT2D eigenvalue weighted by atomic mass is 16.3. The Labute approximate surface area is 125 Å². The lowest BCUT2D eigenvalue weighted by Gasteiger charge is -2.40. The zero-order valence-corrected chi connectivity index (χ0v) is 11.9. The van der Waals surface area contributed by atoms with Gasteiger partial charge >= 0.3 is 0 Å². The number of phenols is 1. The summed E-state index contributed by atoms with van der Waals surface area (Å²) < 4.78 is 0. The minimum absolute atomic E-state index is 0.0677. The minimum atomic E-state index is -1.36. The van der Waals surface area contributed by atoms with Gasteiger partial charge in [-0.25, -0.2) is 0 Å². The second kappa shape index (κ2) is 4.66. The number of fused-ring (bicyclic) bond motifs is 1. The quantitative estimate of drug-likeness (QED) is 0.777. The Bertz CT molecular complexity index is 727. The highest BCUT2D eigenvalue weighted by Gasteiger charge is 2.54. The van der Waals surface area contributed by atoms with Crippen LogP contribution >= 0.6 is 0 Å². The van der Waals surface area contributed by atoms with Gasteiger partial charge in [-0.1, -0.05) is 6.92 Å². The molecule has 22 heavy (non-hydrogen) atoms. The molecule has 0 aromatic heterocycles. The fraction of sp³-hybridized carbons (Fsp3) is 0.333. The maximum absolute atomic E-state index is 12.6. The van der Waals surface area contributed by atoms with Crippen molar-refractivity contribution in [2.24, 2.45) is 0 Å². The van der Waals surface area contributed by atoms with Gasteiger partial charge in [0, 0.05) is 6.42 Å². The molecular formula is C15H14N2O5. The Hall–Kier alpha value is -2.70. The first kappa shape index (κ1) is 14.2. The van der Waals surface area contributed by atoms with Gasteiger partial charge in [0.05, 0.1) is 11.1 Å². The second-order valence-electron chi connectivity index (χ2n) is 5.44. The van der Waals surface area contributed by atoms with E-state index in [1.54, 1.807) is 6.92 Å². The number of carbonyl (C=O) groups is 4. The molecule has 1 saturated heterocycles. The molecule has 7 nitrogen and oxygen atoms in total. The van der Waals surface area contributed by atoms with Crippen molar-refractivity contribution in [1.82, 2.24) is 10.2 Å². The number of aromatic hydroxyl groups is 1. The third-order valence-corrected chi connectivity index (χ3v) is 4.32. The van der Waals surface area contributed by atoms with Crippen molar-refractivity contribution in [3.05, 3.63) is 29.3 Å². The molecule has 0 spiro atoms. The molecule has 2 heterocycles. The van der Waals surface area contributed by atoms with Crippen molar-refractivity contribution < 1.29 is 24.3 Å². The zero-order chi connectivity index (χ0) is 16.1. The first-order valence-corrected chi connectivity index (χ1v) is 6.97. The SMILES string of the molecule is CCC1(N2C(=O)c3ccc(O)cc3C2=O)CCC(=O)NC1=O. The highest BCUT2D eigenvalue weighted by molar-refractivity contribution is 6.24. The molecule has 1 fully saturated rings. The second-order valence-corrected chi connectivity index (χ2v) is 5.44. The van der Waals surface area contributed by atoms with E-state index in [9.17, 15) is 24.3 Å². The van der Waals surface area contributed by atoms with Crippen LogP contribution in [0.15, 0.2) is 18.2 Å². The Kier molecular flexibility index (Phi) is 3.01. The van der Waals surface area contributed by atoms with Crippen molar-refractivity contribution in [3.8, 4) is 5.75 Å². The summed E-state index contributed by atoms with van der Waals surface area (Å²) in [5.41, 5.74) is -1.14. The monoisotopic (exact) mass is 302 g/mol. The van der Waals surface area contributed by atoms with Crippen LogP contribution in [0.4, 0.5) is 0 Å². The molecule has 2 N–H and O–H groups in total. The van der Waals surface area contributed by atoms with Crippen molar-refractivity contribution in [3.63, 3.8) is 0 Å². The summed E-state index contributed by atoms with van der Waals surface area (Å²) in [5.74, 6) is -2.38. The number of amides is 4. The van der Waals surface area contributed by atoms with E-state index in [1.165, 1.54) is 18.2 Å². The number of carbonyl (C=O) groups excluding carboxylic acids is 4. The lowest BCUT2D eigenvalue weighted by atomic mass is 9.84. The average molecular weight is 302 g/mol. The summed E-state index contributed by atoms with van der Waals surface area (Å²) in [4.78, 5) is 49.8. The van der Waals surface area contributed by atoms with Gasteiger partial charge in [-0.2, -0.15) is 0 Å². The molecule has 7 heteroatoms. The zero-order valence-electron chi connectivity index (χ0n) is 11.9. The molecule has 114 valence electrons. The summed E-state index contributed by atoms with van der Waals surface area (Å²) in [6.45, 7) is 1.69. The van der Waals surface area contributed by atoms with Gasteiger partial charge in [0.25, 0.3) is 17.7 Å². The first-order valence-electron chi connectivity index (χ1n) is 6.97. The van der Waals surface area contributed by atoms with Crippen LogP contribution in [-0.4, -0.2) is 39.2 Å². The van der Waals surface area contributed by atoms with Crippen molar-refractivity contribution in [1.29, 1.82) is 0 Å². The predicted molar refractivity (Wildman–Crippen MR) is 74.0 cm³/mol. The topological polar surface area (TPSA) is 104 Å². The van der Waals surface area contributed by atoms with Crippen molar-refractivity contribution in [2.45, 2.75) is 31.7 Å². The fourth-order valence-corrected chi connectivity index (χ4v) is 3.07. The fourth-order valence-electron chi connectivity index (χ4n) is 3.07. The number of nitrogens with zero attached hydrogens (tertiary/aromatic N) is 1. The molecule has 2 aliphatic rings. The van der Waals surface area contributed by atoms with Crippen molar-refractivity contribution in [2.75, 3.05) is 0 Å². The summed E-state index contributed by atoms with van der Waals surface area (Å²) in [6, 6.07) is 3.89. The first-order chi connectivity index (χ1) is 10.4. The van der Waals surface area contributed by atoms with Gasteiger partial charge in [-0.05, 0) is 31.0 Å². The molecule has 4 amide bonds. The van der Waals surface area contributed by atoms with Crippen LogP contribution in [0.5, 0.6) is 5.75 Å². The van der Waals surface area contributed by atoms with E-state index in [1.807, 2.05) is 0 Å². The number of nitrogens with one attached hydrogen (secondary N) is 1. The number of imide groups is 2. The Balaban J connectivity index is 2.09. The Morgan fingerprint density at radius 2 is 1.86 bits per heavy atom. The largest absolute Gasteiger partial charge is 0.508 e. The van der Waals surface area contributed by atoms with E-state index >= 15 is 0 Å². The van der Waals surface area contributed by atoms with Gasteiger partial charge in [0.1, 0.15) is 11.3 Å². The normalized spacial score (nSPS) is 24.5. The molecule has 1 aromatic carbocycles. The highest BCUT2D eigenvalue weighted by Crippen LogP contribution is 2.37. The van der Waals surface area contributed by atoms with E-state index < -0.39 is 29.2 Å². The number of rotatable bonds is 2. The molecule has 1 atom stereocenters. The van der Waals surface area contributed by atoms with Crippen LogP contribution in [0.25, 0.3) is 0 Å². The van der Waals surface area contributed by atoms with Crippen LogP contribution in [0.1, 0.15) is 46.9 Å². The lowest BCUT2D eigenvalue weighted by Crippen LogP contribution is -2.64. The smallest absolute Gasteiger partial charge is 0.262 e. The summed E-state index contributed by atoms with van der Waals surface area (Å²) in [7, 11) is 0. The van der Waals surface area contributed by atoms with E-state index in [-0.39, 0.29) is 36.1 Å². The van der Waals surface area contributed by atoms with E-state index in [0.29, 0.717) is 0 Å². The van der Waals surface area contributed by atoms with Gasteiger partial charge in [0.15, 0.2) is 0 Å². The Morgan fingerprint density at radius 3 is 2.50 bits per heavy atom. The van der Waals surface area contributed by atoms with E-state index in [0.717, 1.165) is 4.90 Å². The third-order valence-electron chi connectivity index (χ3n) is 4.32. The predicted octanol–water partition coefficient (Wildman–Crippen LogP) is 0.574. The van der Waals surface area contributed by atoms with Crippen LogP contribution < -0.4 is 5.32 Å². The van der Waals surface area contributed by atoms with Gasteiger partial charge in [-0.3, -0.25) is 29.4 Å². The molecule has 0 saturated carbocycles. The number of hydrogen-bond acceptors (Lipinski definition) is 5. The van der Waals surface area contributed by atoms with Crippen LogP contribution in [0, 0.1) is 0 Å². The summed E-state index contributed by atoms with van der Waals surface area (Å²) in [6.07, 6.45) is 0.382. The van der Waals surface area contributed by atoms with Gasteiger partial charge in [0.2, 0.25) is 5.91 Å². The standard InChI is InChI=1S/C15H14N2O5/c1-2-15(6-5-11(19)16-14(15)22)17-12(20)9-4-3-8(18)7-10(9)13(17)21/h3-4,7,18H,2,5-6H2,1H3,(H,16,19,22). The van der Waals surface area contributed by atoms with E-state index in [2.05, 4.69) is 5.32 Å². The lowest BCUT2D eigenvalue weighted by molar-refractivity contribution is -0.142. The van der Waals surface area contributed by atoms with E-state index in [4.69, 9.17) is 0 Å². The molecule has 1 aromatic rings. The van der Waals surface area contributed by atoms with Crippen molar-refractivity contribution >= 4 is 23.6 Å². The van der Waals surface area contributed by atoms with Crippen LogP contribution in [-0.2, 0) is 9.59 Å². The summed E-state index contributed by atoms with van der Waals surface area (Å²) in [5, 5.41) is 11.7. The molecule has 2 aliphatic heterocycles. The molecule has 1 unspecified atom stereocenters. The maximum Gasteiger partial charge on any atom is 0.262 e. The minimum Gasteiger partial charge on any atom is -0.508 e. The third kappa shape index (κ3) is 1.75. The van der Waals surface area contributed by atoms with Crippen LogP contribution in [0.3, 0.4) is 0 Å². The average Bonchev–Trinajstić information content (AvgIpc) is 2.72. The maximum atomic E-state index is 12.6. The summed E-state index contributed by atoms with van der Waals surface area (Å²) >= 11 is 0. The Morgan fingerprint density at radius 1 is 1.18 bits per heavy atom. The molecule has 0 bridgehead atoms. The molecule has 0 aliphatic carbocycles.